The smallest absolute Gasteiger partial charge is 0.191 e. The maximum absolute atomic E-state index is 5.78. The molecule has 2 heterocycles. The van der Waals surface area contributed by atoms with Gasteiger partial charge in [0.05, 0.1) is 18.8 Å². The highest BCUT2D eigenvalue weighted by molar-refractivity contribution is 7.98. The van der Waals surface area contributed by atoms with Gasteiger partial charge in [0, 0.05) is 19.2 Å². The molecular formula is C15H26N4OS. The number of nitrogens with zero attached hydrogens (tertiary/aromatic N) is 3. The average Bonchev–Trinajstić information content (AvgIpc) is 2.52. The standard InChI is InChI=1S/C15H26N4OS/c1-5-7-16-13-8-14(18-15(17-13)21-4)19-9-11(3)20-10-12(19)6-2/h8,11-12H,5-7,9-10H2,1-4H3,(H,16,17,18). The number of thioether (sulfide) groups is 1. The van der Waals surface area contributed by atoms with Gasteiger partial charge in [0.15, 0.2) is 5.16 Å². The summed E-state index contributed by atoms with van der Waals surface area (Å²) in [5, 5.41) is 4.19. The highest BCUT2D eigenvalue weighted by Gasteiger charge is 2.27. The topological polar surface area (TPSA) is 50.3 Å². The van der Waals surface area contributed by atoms with Gasteiger partial charge in [0.25, 0.3) is 0 Å². The molecule has 0 radical (unpaired) electrons. The summed E-state index contributed by atoms with van der Waals surface area (Å²) >= 11 is 1.58. The SMILES string of the molecule is CCCNc1cc(N2CC(C)OCC2CC)nc(SC)n1. The van der Waals surface area contributed by atoms with Crippen LogP contribution in [0.25, 0.3) is 0 Å². The molecule has 5 nitrogen and oxygen atoms in total. The van der Waals surface area contributed by atoms with Gasteiger partial charge in [-0.1, -0.05) is 25.6 Å². The summed E-state index contributed by atoms with van der Waals surface area (Å²) in [6, 6.07) is 2.46. The number of nitrogens with one attached hydrogen (secondary N) is 1. The van der Waals surface area contributed by atoms with E-state index in [9.17, 15) is 0 Å². The van der Waals surface area contributed by atoms with Crippen molar-refractivity contribution in [3.63, 3.8) is 0 Å². The lowest BCUT2D eigenvalue weighted by molar-refractivity contribution is 0.0295. The van der Waals surface area contributed by atoms with Crippen LogP contribution in [0.3, 0.4) is 0 Å². The first-order valence-electron chi connectivity index (χ1n) is 7.73. The number of rotatable bonds is 6. The van der Waals surface area contributed by atoms with E-state index in [-0.39, 0.29) is 6.10 Å². The molecule has 1 aliphatic rings. The van der Waals surface area contributed by atoms with E-state index in [2.05, 4.69) is 42.0 Å². The summed E-state index contributed by atoms with van der Waals surface area (Å²) in [7, 11) is 0. The summed E-state index contributed by atoms with van der Waals surface area (Å²) in [4.78, 5) is 11.6. The second kappa shape index (κ2) is 7.84. The lowest BCUT2D eigenvalue weighted by Crippen LogP contribution is -2.49. The zero-order chi connectivity index (χ0) is 15.2. The molecule has 0 aromatic carbocycles. The van der Waals surface area contributed by atoms with Gasteiger partial charge in [0.1, 0.15) is 11.6 Å². The van der Waals surface area contributed by atoms with E-state index < -0.39 is 0 Å². The molecule has 21 heavy (non-hydrogen) atoms. The largest absolute Gasteiger partial charge is 0.375 e. The van der Waals surface area contributed by atoms with Crippen LogP contribution in [0.2, 0.25) is 0 Å². The number of hydrogen-bond acceptors (Lipinski definition) is 6. The van der Waals surface area contributed by atoms with Crippen LogP contribution in [0, 0.1) is 0 Å². The van der Waals surface area contributed by atoms with E-state index in [0.717, 1.165) is 49.3 Å². The summed E-state index contributed by atoms with van der Waals surface area (Å²) in [5.41, 5.74) is 0. The first kappa shape index (κ1) is 16.4. The van der Waals surface area contributed by atoms with E-state index in [1.54, 1.807) is 11.8 Å². The van der Waals surface area contributed by atoms with Crippen LogP contribution in [-0.2, 0) is 4.74 Å². The fourth-order valence-corrected chi connectivity index (χ4v) is 2.83. The van der Waals surface area contributed by atoms with E-state index in [0.29, 0.717) is 6.04 Å². The van der Waals surface area contributed by atoms with Crippen molar-refractivity contribution in [2.45, 2.75) is 50.9 Å². The predicted octanol–water partition coefficient (Wildman–Crippen LogP) is 3.02. The summed E-state index contributed by atoms with van der Waals surface area (Å²) < 4.78 is 5.78. The molecule has 0 spiro atoms. The van der Waals surface area contributed by atoms with Crippen LogP contribution < -0.4 is 10.2 Å². The Hall–Kier alpha value is -1.01. The maximum atomic E-state index is 5.78. The molecule has 1 N–H and O–H groups in total. The molecule has 0 amide bonds. The number of anilines is 2. The van der Waals surface area contributed by atoms with Gasteiger partial charge in [-0.3, -0.25) is 0 Å². The van der Waals surface area contributed by atoms with Crippen molar-refractivity contribution < 1.29 is 4.74 Å². The van der Waals surface area contributed by atoms with Gasteiger partial charge < -0.3 is 15.0 Å². The maximum Gasteiger partial charge on any atom is 0.191 e. The lowest BCUT2D eigenvalue weighted by Gasteiger charge is -2.39. The Morgan fingerprint density at radius 1 is 1.43 bits per heavy atom. The number of hydrogen-bond donors (Lipinski definition) is 1. The predicted molar refractivity (Wildman–Crippen MR) is 89.4 cm³/mol. The monoisotopic (exact) mass is 310 g/mol. The first-order chi connectivity index (χ1) is 10.2. The molecule has 118 valence electrons. The highest BCUT2D eigenvalue weighted by atomic mass is 32.2. The quantitative estimate of drug-likeness (QED) is 0.644. The van der Waals surface area contributed by atoms with Gasteiger partial charge >= 0.3 is 0 Å². The third-order valence-corrected chi connectivity index (χ3v) is 4.21. The fourth-order valence-electron chi connectivity index (χ4n) is 2.46. The molecule has 1 aliphatic heterocycles. The molecule has 1 aromatic rings. The molecule has 6 heteroatoms. The second-order valence-electron chi connectivity index (χ2n) is 5.38. The van der Waals surface area contributed by atoms with Gasteiger partial charge in [-0.05, 0) is 26.0 Å². The number of aromatic nitrogens is 2. The van der Waals surface area contributed by atoms with Crippen molar-refractivity contribution in [1.29, 1.82) is 0 Å². The Bertz CT molecular complexity index is 457. The molecule has 2 atom stereocenters. The van der Waals surface area contributed by atoms with Crippen molar-refractivity contribution >= 4 is 23.4 Å². The van der Waals surface area contributed by atoms with Crippen LogP contribution in [0.15, 0.2) is 11.2 Å². The van der Waals surface area contributed by atoms with Crippen molar-refractivity contribution in [2.24, 2.45) is 0 Å². The van der Waals surface area contributed by atoms with E-state index >= 15 is 0 Å². The number of ether oxygens (including phenoxy) is 1. The molecule has 0 aliphatic carbocycles. The molecule has 1 aromatic heterocycles. The molecular weight excluding hydrogens is 284 g/mol. The van der Waals surface area contributed by atoms with Crippen LogP contribution in [-0.4, -0.2) is 48.1 Å². The second-order valence-corrected chi connectivity index (χ2v) is 6.16. The molecule has 0 saturated carbocycles. The first-order valence-corrected chi connectivity index (χ1v) is 8.95. The van der Waals surface area contributed by atoms with Crippen LogP contribution in [0.1, 0.15) is 33.6 Å². The van der Waals surface area contributed by atoms with Crippen molar-refractivity contribution in [3.8, 4) is 0 Å². The van der Waals surface area contributed by atoms with Crippen LogP contribution in [0.5, 0.6) is 0 Å². The Kier molecular flexibility index (Phi) is 6.11. The van der Waals surface area contributed by atoms with E-state index in [1.165, 1.54) is 0 Å². The average molecular weight is 310 g/mol. The Morgan fingerprint density at radius 3 is 2.90 bits per heavy atom. The minimum Gasteiger partial charge on any atom is -0.375 e. The van der Waals surface area contributed by atoms with Gasteiger partial charge in [-0.2, -0.15) is 0 Å². The third-order valence-electron chi connectivity index (χ3n) is 3.66. The molecule has 2 rings (SSSR count). The summed E-state index contributed by atoms with van der Waals surface area (Å²) in [6.07, 6.45) is 4.40. The van der Waals surface area contributed by atoms with Gasteiger partial charge in [-0.15, -0.1) is 0 Å². The summed E-state index contributed by atoms with van der Waals surface area (Å²) in [6.45, 7) is 9.06. The molecule has 0 bridgehead atoms. The fraction of sp³-hybridized carbons (Fsp3) is 0.733. The molecule has 1 saturated heterocycles. The summed E-state index contributed by atoms with van der Waals surface area (Å²) in [5.74, 6) is 1.93. The zero-order valence-corrected chi connectivity index (χ0v) is 14.2. The lowest BCUT2D eigenvalue weighted by atomic mass is 10.1. The zero-order valence-electron chi connectivity index (χ0n) is 13.4. The van der Waals surface area contributed by atoms with Crippen molar-refractivity contribution in [2.75, 3.05) is 36.2 Å². The minimum atomic E-state index is 0.243. The Morgan fingerprint density at radius 2 is 2.24 bits per heavy atom. The molecule has 2 unspecified atom stereocenters. The van der Waals surface area contributed by atoms with Gasteiger partial charge in [0.2, 0.25) is 0 Å². The molecule has 1 fully saturated rings. The normalized spacial score (nSPS) is 22.4. The van der Waals surface area contributed by atoms with Crippen molar-refractivity contribution in [3.05, 3.63) is 6.07 Å². The van der Waals surface area contributed by atoms with Crippen LogP contribution >= 0.6 is 11.8 Å². The third kappa shape index (κ3) is 4.23. The Balaban J connectivity index is 2.26. The number of morpholine rings is 1. The van der Waals surface area contributed by atoms with E-state index in [4.69, 9.17) is 9.72 Å². The van der Waals surface area contributed by atoms with Gasteiger partial charge in [-0.25, -0.2) is 9.97 Å². The van der Waals surface area contributed by atoms with Crippen LogP contribution in [0.4, 0.5) is 11.6 Å². The van der Waals surface area contributed by atoms with E-state index in [1.807, 2.05) is 6.26 Å². The Labute approximate surface area is 131 Å². The minimum absolute atomic E-state index is 0.243. The highest BCUT2D eigenvalue weighted by Crippen LogP contribution is 2.25. The van der Waals surface area contributed by atoms with Crippen molar-refractivity contribution in [1.82, 2.24) is 9.97 Å².